The maximum atomic E-state index is 12.4. The van der Waals surface area contributed by atoms with Gasteiger partial charge in [-0.25, -0.2) is 4.98 Å². The molecule has 4 heteroatoms. The molecule has 0 saturated heterocycles. The van der Waals surface area contributed by atoms with Gasteiger partial charge in [0.05, 0.1) is 10.9 Å². The van der Waals surface area contributed by atoms with Crippen LogP contribution in [0.1, 0.15) is 0 Å². The van der Waals surface area contributed by atoms with E-state index in [0.29, 0.717) is 16.7 Å². The molecule has 0 aliphatic heterocycles. The topological polar surface area (TPSA) is 34.9 Å². The van der Waals surface area contributed by atoms with Crippen molar-refractivity contribution >= 4 is 26.8 Å². The molecule has 0 bridgehead atoms. The van der Waals surface area contributed by atoms with Gasteiger partial charge >= 0.3 is 0 Å². The zero-order valence-corrected chi connectivity index (χ0v) is 11.9. The maximum absolute atomic E-state index is 12.4. The highest BCUT2D eigenvalue weighted by Crippen LogP contribution is 2.22. The number of rotatable bonds is 1. The van der Waals surface area contributed by atoms with E-state index in [1.165, 1.54) is 0 Å². The summed E-state index contributed by atoms with van der Waals surface area (Å²) in [5.74, 6) is 0.677. The molecule has 94 valence electrons. The van der Waals surface area contributed by atoms with Gasteiger partial charge in [-0.2, -0.15) is 0 Å². The zero-order valence-electron chi connectivity index (χ0n) is 10.3. The first-order valence-corrected chi connectivity index (χ1v) is 6.68. The number of halogens is 1. The van der Waals surface area contributed by atoms with Gasteiger partial charge < -0.3 is 0 Å². The van der Waals surface area contributed by atoms with Crippen molar-refractivity contribution in [2.45, 2.75) is 0 Å². The smallest absolute Gasteiger partial charge is 0.262 e. The molecule has 0 unspecified atom stereocenters. The van der Waals surface area contributed by atoms with E-state index in [2.05, 4.69) is 20.9 Å². The van der Waals surface area contributed by atoms with Gasteiger partial charge in [-0.1, -0.05) is 36.4 Å². The van der Waals surface area contributed by atoms with Crippen molar-refractivity contribution in [3.05, 3.63) is 63.4 Å². The van der Waals surface area contributed by atoms with E-state index in [9.17, 15) is 4.79 Å². The van der Waals surface area contributed by atoms with Crippen LogP contribution < -0.4 is 5.56 Å². The fraction of sp³-hybridized carbons (Fsp3) is 0.0667. The lowest BCUT2D eigenvalue weighted by Gasteiger charge is -2.09. The van der Waals surface area contributed by atoms with Crippen LogP contribution in [0.3, 0.4) is 0 Å². The third kappa shape index (κ3) is 1.98. The summed E-state index contributed by atoms with van der Waals surface area (Å²) in [6, 6.07) is 15.3. The third-order valence-electron chi connectivity index (χ3n) is 3.09. The number of benzene rings is 2. The average molecular weight is 315 g/mol. The minimum absolute atomic E-state index is 0.0451. The Hall–Kier alpha value is -1.94. The van der Waals surface area contributed by atoms with E-state index < -0.39 is 0 Å². The molecule has 0 spiro atoms. The standard InChI is InChI=1S/C15H11BrN2O/c1-18-14(10-6-3-2-4-7-10)17-12-9-5-8-11(16)13(12)15(18)19/h2-9H,1H3. The summed E-state index contributed by atoms with van der Waals surface area (Å²) in [6.45, 7) is 0. The van der Waals surface area contributed by atoms with Crippen molar-refractivity contribution < 1.29 is 0 Å². The summed E-state index contributed by atoms with van der Waals surface area (Å²) in [5, 5.41) is 0.615. The van der Waals surface area contributed by atoms with Gasteiger partial charge in [-0.05, 0) is 28.1 Å². The summed E-state index contributed by atoms with van der Waals surface area (Å²) in [7, 11) is 1.75. The summed E-state index contributed by atoms with van der Waals surface area (Å²) in [6.07, 6.45) is 0. The minimum Gasteiger partial charge on any atom is -0.295 e. The first-order valence-electron chi connectivity index (χ1n) is 5.89. The van der Waals surface area contributed by atoms with E-state index in [-0.39, 0.29) is 5.56 Å². The first-order chi connectivity index (χ1) is 9.18. The van der Waals surface area contributed by atoms with E-state index in [1.807, 2.05) is 48.5 Å². The van der Waals surface area contributed by atoms with Crippen LogP contribution in [-0.4, -0.2) is 9.55 Å². The van der Waals surface area contributed by atoms with E-state index in [1.54, 1.807) is 11.6 Å². The molecular formula is C15H11BrN2O. The van der Waals surface area contributed by atoms with Crippen molar-refractivity contribution in [1.82, 2.24) is 9.55 Å². The molecule has 0 amide bonds. The van der Waals surface area contributed by atoms with Gasteiger partial charge in [-0.15, -0.1) is 0 Å². The minimum atomic E-state index is -0.0451. The van der Waals surface area contributed by atoms with Crippen molar-refractivity contribution in [3.8, 4) is 11.4 Å². The molecule has 3 aromatic rings. The second-order valence-corrected chi connectivity index (χ2v) is 5.15. The molecule has 1 heterocycles. The Morgan fingerprint density at radius 3 is 2.53 bits per heavy atom. The molecule has 0 N–H and O–H groups in total. The fourth-order valence-corrected chi connectivity index (χ4v) is 2.64. The van der Waals surface area contributed by atoms with E-state index in [4.69, 9.17) is 0 Å². The number of aromatic nitrogens is 2. The highest BCUT2D eigenvalue weighted by Gasteiger charge is 2.11. The molecule has 3 nitrogen and oxygen atoms in total. The molecule has 0 radical (unpaired) electrons. The molecule has 0 saturated carbocycles. The summed E-state index contributed by atoms with van der Waals surface area (Å²) in [5.41, 5.74) is 1.59. The molecule has 0 atom stereocenters. The summed E-state index contributed by atoms with van der Waals surface area (Å²) in [4.78, 5) is 17.0. The lowest BCUT2D eigenvalue weighted by Crippen LogP contribution is -2.20. The van der Waals surface area contributed by atoms with Crippen LogP contribution in [0, 0.1) is 0 Å². The Morgan fingerprint density at radius 2 is 1.79 bits per heavy atom. The monoisotopic (exact) mass is 314 g/mol. The van der Waals surface area contributed by atoms with Crippen molar-refractivity contribution in [2.24, 2.45) is 7.05 Å². The largest absolute Gasteiger partial charge is 0.295 e. The Balaban J connectivity index is 2.41. The van der Waals surface area contributed by atoms with Crippen LogP contribution in [0.4, 0.5) is 0 Å². The van der Waals surface area contributed by atoms with Crippen molar-refractivity contribution in [3.63, 3.8) is 0 Å². The quantitative estimate of drug-likeness (QED) is 0.690. The van der Waals surface area contributed by atoms with E-state index >= 15 is 0 Å². The van der Waals surface area contributed by atoms with Gasteiger partial charge in [0.1, 0.15) is 5.82 Å². The number of nitrogens with zero attached hydrogens (tertiary/aromatic N) is 2. The van der Waals surface area contributed by atoms with Crippen LogP contribution >= 0.6 is 15.9 Å². The molecule has 0 fully saturated rings. The highest BCUT2D eigenvalue weighted by molar-refractivity contribution is 9.10. The Morgan fingerprint density at radius 1 is 1.05 bits per heavy atom. The molecule has 1 aromatic heterocycles. The Bertz CT molecular complexity index is 809. The Labute approximate surface area is 118 Å². The number of hydrogen-bond donors (Lipinski definition) is 0. The van der Waals surface area contributed by atoms with Crippen LogP contribution in [0.5, 0.6) is 0 Å². The number of fused-ring (bicyclic) bond motifs is 1. The molecule has 2 aromatic carbocycles. The third-order valence-corrected chi connectivity index (χ3v) is 3.75. The van der Waals surface area contributed by atoms with Gasteiger partial charge in [-0.3, -0.25) is 9.36 Å². The molecule has 3 rings (SSSR count). The SMILES string of the molecule is Cn1c(-c2ccccc2)nc2cccc(Br)c2c1=O. The predicted octanol–water partition coefficient (Wildman–Crippen LogP) is 3.36. The molecule has 0 aliphatic carbocycles. The normalized spacial score (nSPS) is 10.8. The second kappa shape index (κ2) is 4.63. The predicted molar refractivity (Wildman–Crippen MR) is 80.1 cm³/mol. The molecule has 0 aliphatic rings. The van der Waals surface area contributed by atoms with Crippen LogP contribution in [0.2, 0.25) is 0 Å². The van der Waals surface area contributed by atoms with Crippen molar-refractivity contribution in [1.29, 1.82) is 0 Å². The van der Waals surface area contributed by atoms with Crippen molar-refractivity contribution in [2.75, 3.05) is 0 Å². The maximum Gasteiger partial charge on any atom is 0.262 e. The van der Waals surface area contributed by atoms with Gasteiger partial charge in [0.25, 0.3) is 5.56 Å². The molecular weight excluding hydrogens is 304 g/mol. The van der Waals surface area contributed by atoms with Gasteiger partial charge in [0, 0.05) is 17.1 Å². The summed E-state index contributed by atoms with van der Waals surface area (Å²) < 4.78 is 2.36. The van der Waals surface area contributed by atoms with Crippen LogP contribution in [-0.2, 0) is 7.05 Å². The Kier molecular flexibility index (Phi) is 2.95. The zero-order chi connectivity index (χ0) is 13.4. The van der Waals surface area contributed by atoms with Crippen LogP contribution in [0.15, 0.2) is 57.8 Å². The lowest BCUT2D eigenvalue weighted by molar-refractivity contribution is 0.855. The van der Waals surface area contributed by atoms with Crippen LogP contribution in [0.25, 0.3) is 22.3 Å². The molecule has 19 heavy (non-hydrogen) atoms. The average Bonchev–Trinajstić information content (AvgIpc) is 2.43. The fourth-order valence-electron chi connectivity index (χ4n) is 2.12. The summed E-state index contributed by atoms with van der Waals surface area (Å²) >= 11 is 3.41. The van der Waals surface area contributed by atoms with E-state index in [0.717, 1.165) is 10.0 Å². The first kappa shape index (κ1) is 12.1. The van der Waals surface area contributed by atoms with Gasteiger partial charge in [0.15, 0.2) is 0 Å². The second-order valence-electron chi connectivity index (χ2n) is 4.30. The lowest BCUT2D eigenvalue weighted by atomic mass is 10.2. The highest BCUT2D eigenvalue weighted by atomic mass is 79.9. The van der Waals surface area contributed by atoms with Gasteiger partial charge in [0.2, 0.25) is 0 Å². The number of hydrogen-bond acceptors (Lipinski definition) is 2.